The third-order valence-electron chi connectivity index (χ3n) is 6.42. The second-order valence-electron chi connectivity index (χ2n) is 8.33. The summed E-state index contributed by atoms with van der Waals surface area (Å²) >= 11 is 12.0. The Morgan fingerprint density at radius 1 is 0.941 bits per heavy atom. The number of rotatable bonds is 4. The number of hydrogen-bond donors (Lipinski definition) is 1. The van der Waals surface area contributed by atoms with Crippen molar-refractivity contribution in [2.75, 3.05) is 24.8 Å². The molecule has 3 aromatic rings. The summed E-state index contributed by atoms with van der Waals surface area (Å²) in [7, 11) is 0. The molecule has 0 aromatic heterocycles. The maximum Gasteiger partial charge on any atom is 0.246 e. The smallest absolute Gasteiger partial charge is 0.246 e. The number of anilines is 1. The molecule has 172 valence electrons. The Morgan fingerprint density at radius 2 is 1.74 bits per heavy atom. The molecule has 0 radical (unpaired) electrons. The van der Waals surface area contributed by atoms with Crippen LogP contribution >= 0.6 is 23.2 Å². The van der Waals surface area contributed by atoms with Gasteiger partial charge in [0.2, 0.25) is 18.6 Å². The van der Waals surface area contributed by atoms with Gasteiger partial charge in [0.05, 0.1) is 10.0 Å². The summed E-state index contributed by atoms with van der Waals surface area (Å²) < 4.78 is 17.0. The van der Waals surface area contributed by atoms with Crippen molar-refractivity contribution in [2.45, 2.75) is 12.0 Å². The van der Waals surface area contributed by atoms with Gasteiger partial charge in [0, 0.05) is 23.9 Å². The molecule has 6 rings (SSSR count). The second kappa shape index (κ2) is 7.82. The molecule has 2 amide bonds. The van der Waals surface area contributed by atoms with Crippen LogP contribution in [0.4, 0.5) is 5.69 Å². The summed E-state index contributed by atoms with van der Waals surface area (Å²) in [6.45, 7) is 0.405. The SMILES string of the molecule is O=C(CN1C(=O)C2(COc3cc4c(cc32)OCO4)c2ccccc21)NCc1ccc(Cl)c(Cl)c1. The summed E-state index contributed by atoms with van der Waals surface area (Å²) in [6, 6.07) is 16.2. The molecule has 3 aliphatic heterocycles. The first-order valence-corrected chi connectivity index (χ1v) is 11.4. The zero-order valence-corrected chi connectivity index (χ0v) is 19.3. The summed E-state index contributed by atoms with van der Waals surface area (Å²) in [5.74, 6) is 1.24. The predicted molar refractivity (Wildman–Crippen MR) is 126 cm³/mol. The third kappa shape index (κ3) is 3.11. The lowest BCUT2D eigenvalue weighted by molar-refractivity contribution is -0.125. The lowest BCUT2D eigenvalue weighted by Gasteiger charge is -2.23. The van der Waals surface area contributed by atoms with E-state index in [0.717, 1.165) is 11.1 Å². The lowest BCUT2D eigenvalue weighted by atomic mass is 9.77. The van der Waals surface area contributed by atoms with E-state index in [1.54, 1.807) is 24.3 Å². The number of ether oxygens (including phenoxy) is 3. The van der Waals surface area contributed by atoms with E-state index in [0.29, 0.717) is 38.5 Å². The fraction of sp³-hybridized carbons (Fsp3) is 0.200. The molecule has 3 aromatic carbocycles. The fourth-order valence-electron chi connectivity index (χ4n) is 4.77. The molecule has 1 atom stereocenters. The maximum absolute atomic E-state index is 13.9. The van der Waals surface area contributed by atoms with Crippen LogP contribution in [-0.4, -0.2) is 31.8 Å². The Bertz CT molecular complexity index is 1360. The van der Waals surface area contributed by atoms with Gasteiger partial charge in [-0.25, -0.2) is 0 Å². The van der Waals surface area contributed by atoms with Gasteiger partial charge in [-0.2, -0.15) is 0 Å². The quantitative estimate of drug-likeness (QED) is 0.589. The molecule has 0 fully saturated rings. The average molecular weight is 497 g/mol. The van der Waals surface area contributed by atoms with Crippen molar-refractivity contribution in [3.05, 3.63) is 81.3 Å². The van der Waals surface area contributed by atoms with E-state index in [4.69, 9.17) is 37.4 Å². The minimum absolute atomic E-state index is 0.126. The molecule has 34 heavy (non-hydrogen) atoms. The molecule has 1 unspecified atom stereocenters. The number of para-hydroxylation sites is 1. The Labute approximate surface area is 205 Å². The molecule has 0 aliphatic carbocycles. The molecular weight excluding hydrogens is 479 g/mol. The number of hydrogen-bond acceptors (Lipinski definition) is 5. The van der Waals surface area contributed by atoms with Gasteiger partial charge >= 0.3 is 0 Å². The van der Waals surface area contributed by atoms with Gasteiger partial charge < -0.3 is 24.4 Å². The highest BCUT2D eigenvalue weighted by Crippen LogP contribution is 2.54. The van der Waals surface area contributed by atoms with E-state index < -0.39 is 5.41 Å². The van der Waals surface area contributed by atoms with Crippen molar-refractivity contribution < 1.29 is 23.8 Å². The monoisotopic (exact) mass is 496 g/mol. The Balaban J connectivity index is 1.29. The average Bonchev–Trinajstić information content (AvgIpc) is 3.51. The molecule has 1 N–H and O–H groups in total. The van der Waals surface area contributed by atoms with Gasteiger partial charge in [0.1, 0.15) is 24.3 Å². The van der Waals surface area contributed by atoms with Crippen molar-refractivity contribution in [3.8, 4) is 17.2 Å². The zero-order valence-electron chi connectivity index (χ0n) is 17.8. The molecule has 9 heteroatoms. The minimum atomic E-state index is -1.04. The van der Waals surface area contributed by atoms with Crippen LogP contribution in [0.3, 0.4) is 0 Å². The van der Waals surface area contributed by atoms with Gasteiger partial charge in [0.25, 0.3) is 0 Å². The van der Waals surface area contributed by atoms with Crippen LogP contribution in [0.1, 0.15) is 16.7 Å². The standard InChI is InChI=1S/C25H18Cl2N2O5/c26-17-6-5-14(7-18(17)27)10-28-23(30)11-29-19-4-2-1-3-15(19)25(24(29)31)12-32-20-9-22-21(8-16(20)25)33-13-34-22/h1-9H,10-13H2,(H,28,30). The molecule has 0 saturated heterocycles. The number of benzene rings is 3. The van der Waals surface area contributed by atoms with Gasteiger partial charge in [-0.3, -0.25) is 9.59 Å². The van der Waals surface area contributed by atoms with Crippen LogP contribution < -0.4 is 24.4 Å². The molecular formula is C25H18Cl2N2O5. The largest absolute Gasteiger partial charge is 0.491 e. The van der Waals surface area contributed by atoms with Crippen LogP contribution in [0.5, 0.6) is 17.2 Å². The maximum atomic E-state index is 13.9. The van der Waals surface area contributed by atoms with Gasteiger partial charge in [-0.1, -0.05) is 47.5 Å². The summed E-state index contributed by atoms with van der Waals surface area (Å²) in [6.07, 6.45) is 0. The van der Waals surface area contributed by atoms with Crippen molar-refractivity contribution in [1.29, 1.82) is 0 Å². The zero-order chi connectivity index (χ0) is 23.4. The Hall–Kier alpha value is -3.42. The predicted octanol–water partition coefficient (Wildman–Crippen LogP) is 4.06. The number of amides is 2. The van der Waals surface area contributed by atoms with Crippen molar-refractivity contribution in [3.63, 3.8) is 0 Å². The number of carbonyl (C=O) groups excluding carboxylic acids is 2. The second-order valence-corrected chi connectivity index (χ2v) is 9.14. The van der Waals surface area contributed by atoms with Crippen LogP contribution in [0.2, 0.25) is 10.0 Å². The van der Waals surface area contributed by atoms with E-state index in [1.807, 2.05) is 30.3 Å². The first kappa shape index (κ1) is 21.1. The van der Waals surface area contributed by atoms with E-state index in [-0.39, 0.29) is 38.3 Å². The Morgan fingerprint density at radius 3 is 2.56 bits per heavy atom. The highest BCUT2D eigenvalue weighted by Gasteiger charge is 2.57. The highest BCUT2D eigenvalue weighted by atomic mass is 35.5. The minimum Gasteiger partial charge on any atom is -0.491 e. The normalized spacial score (nSPS) is 19.2. The lowest BCUT2D eigenvalue weighted by Crippen LogP contribution is -2.46. The first-order chi connectivity index (χ1) is 16.5. The van der Waals surface area contributed by atoms with Gasteiger partial charge in [-0.05, 0) is 35.4 Å². The molecule has 3 aliphatic rings. The van der Waals surface area contributed by atoms with Crippen molar-refractivity contribution in [1.82, 2.24) is 5.32 Å². The van der Waals surface area contributed by atoms with Crippen LogP contribution in [0.15, 0.2) is 54.6 Å². The third-order valence-corrected chi connectivity index (χ3v) is 7.16. The topological polar surface area (TPSA) is 77.1 Å². The van der Waals surface area contributed by atoms with Gasteiger partial charge in [-0.15, -0.1) is 0 Å². The number of carbonyl (C=O) groups is 2. The highest BCUT2D eigenvalue weighted by molar-refractivity contribution is 6.42. The number of nitrogens with zero attached hydrogens (tertiary/aromatic N) is 1. The molecule has 3 heterocycles. The first-order valence-electron chi connectivity index (χ1n) is 10.7. The Kier molecular flexibility index (Phi) is 4.86. The van der Waals surface area contributed by atoms with Crippen molar-refractivity contribution in [2.24, 2.45) is 0 Å². The van der Waals surface area contributed by atoms with E-state index >= 15 is 0 Å². The van der Waals surface area contributed by atoms with Crippen LogP contribution in [-0.2, 0) is 21.5 Å². The van der Waals surface area contributed by atoms with Gasteiger partial charge in [0.15, 0.2) is 11.5 Å². The number of nitrogens with one attached hydrogen (secondary N) is 1. The van der Waals surface area contributed by atoms with E-state index in [1.165, 1.54) is 4.90 Å². The summed E-state index contributed by atoms with van der Waals surface area (Å²) in [5, 5.41) is 3.72. The number of halogens is 2. The fourth-order valence-corrected chi connectivity index (χ4v) is 5.09. The number of fused-ring (bicyclic) bond motifs is 5. The summed E-state index contributed by atoms with van der Waals surface area (Å²) in [5.41, 5.74) is 1.97. The molecule has 0 saturated carbocycles. The molecule has 0 bridgehead atoms. The molecule has 1 spiro atoms. The summed E-state index contributed by atoms with van der Waals surface area (Å²) in [4.78, 5) is 28.3. The van der Waals surface area contributed by atoms with Crippen molar-refractivity contribution >= 4 is 40.7 Å². The van der Waals surface area contributed by atoms with Crippen LogP contribution in [0, 0.1) is 0 Å². The molecule has 7 nitrogen and oxygen atoms in total. The van der Waals surface area contributed by atoms with Crippen LogP contribution in [0.25, 0.3) is 0 Å². The van der Waals surface area contributed by atoms with E-state index in [2.05, 4.69) is 5.32 Å². The van der Waals surface area contributed by atoms with E-state index in [9.17, 15) is 9.59 Å².